The summed E-state index contributed by atoms with van der Waals surface area (Å²) in [6.07, 6.45) is 0.186. The fourth-order valence-electron chi connectivity index (χ4n) is 2.66. The predicted molar refractivity (Wildman–Crippen MR) is 99.5 cm³/mol. The zero-order valence-electron chi connectivity index (χ0n) is 14.6. The molecular formula is C16H17N3O5S2. The number of benzene rings is 1. The summed E-state index contributed by atoms with van der Waals surface area (Å²) in [7, 11) is -2.06. The van der Waals surface area contributed by atoms with Crippen LogP contribution in [-0.4, -0.2) is 28.2 Å². The number of nitrogens with zero attached hydrogens (tertiary/aromatic N) is 3. The van der Waals surface area contributed by atoms with Crippen LogP contribution in [0.5, 0.6) is 0 Å². The van der Waals surface area contributed by atoms with Gasteiger partial charge in [-0.2, -0.15) is 12.8 Å². The zero-order chi connectivity index (χ0) is 19.2. The monoisotopic (exact) mass is 395 g/mol. The molecule has 0 bridgehead atoms. The van der Waals surface area contributed by atoms with Gasteiger partial charge in [-0.1, -0.05) is 0 Å². The standard InChI is InChI=1S/C16H17N3O5S2/c1-9-7-14(20)19(16(21)18(9)3)11-5-6-13-12(8-11)15(17-25-13)10(2)24-26(4,22)23/h5-8,10H,1-4H3. The Bertz CT molecular complexity index is 1220. The molecule has 0 saturated heterocycles. The van der Waals surface area contributed by atoms with E-state index >= 15 is 0 Å². The molecule has 10 heteroatoms. The molecule has 3 aromatic rings. The lowest BCUT2D eigenvalue weighted by atomic mass is 10.1. The van der Waals surface area contributed by atoms with Crippen LogP contribution in [0.15, 0.2) is 33.9 Å². The molecule has 0 aliphatic rings. The van der Waals surface area contributed by atoms with Crippen molar-refractivity contribution in [3.63, 3.8) is 0 Å². The molecule has 0 spiro atoms. The van der Waals surface area contributed by atoms with Crippen molar-refractivity contribution in [3.05, 3.63) is 56.5 Å². The topological polar surface area (TPSA) is 100 Å². The summed E-state index contributed by atoms with van der Waals surface area (Å²) in [5.41, 5.74) is 0.491. The number of hydrogen-bond donors (Lipinski definition) is 0. The SMILES string of the molecule is Cc1cc(=O)n(-c2ccc3snc(C(C)OS(C)(=O)=O)c3c2)c(=O)n1C. The highest BCUT2D eigenvalue weighted by molar-refractivity contribution is 7.86. The molecule has 2 aromatic heterocycles. The number of aromatic nitrogens is 3. The van der Waals surface area contributed by atoms with Crippen molar-refractivity contribution in [1.29, 1.82) is 0 Å². The summed E-state index contributed by atoms with van der Waals surface area (Å²) in [5.74, 6) is 0. The van der Waals surface area contributed by atoms with Crippen molar-refractivity contribution in [2.24, 2.45) is 7.05 Å². The summed E-state index contributed by atoms with van der Waals surface area (Å²) < 4.78 is 35.3. The number of aryl methyl sites for hydroxylation is 1. The van der Waals surface area contributed by atoms with Crippen LogP contribution in [0, 0.1) is 6.92 Å². The van der Waals surface area contributed by atoms with Crippen LogP contribution in [0.3, 0.4) is 0 Å². The van der Waals surface area contributed by atoms with Gasteiger partial charge < -0.3 is 4.57 Å². The summed E-state index contributed by atoms with van der Waals surface area (Å²) in [5, 5.41) is 0.637. The molecule has 1 aromatic carbocycles. The Morgan fingerprint density at radius 1 is 1.23 bits per heavy atom. The van der Waals surface area contributed by atoms with Crippen molar-refractivity contribution in [2.75, 3.05) is 6.26 Å². The second kappa shape index (κ2) is 6.45. The van der Waals surface area contributed by atoms with E-state index in [4.69, 9.17) is 4.18 Å². The summed E-state index contributed by atoms with van der Waals surface area (Å²) >= 11 is 1.19. The van der Waals surface area contributed by atoms with E-state index in [-0.39, 0.29) is 0 Å². The molecule has 138 valence electrons. The van der Waals surface area contributed by atoms with E-state index in [0.29, 0.717) is 22.5 Å². The van der Waals surface area contributed by atoms with Crippen LogP contribution < -0.4 is 11.2 Å². The van der Waals surface area contributed by atoms with Crippen molar-refractivity contribution < 1.29 is 12.6 Å². The maximum atomic E-state index is 12.5. The van der Waals surface area contributed by atoms with Gasteiger partial charge in [-0.25, -0.2) is 9.36 Å². The first-order chi connectivity index (χ1) is 12.1. The first-order valence-electron chi connectivity index (χ1n) is 7.66. The van der Waals surface area contributed by atoms with E-state index in [1.165, 1.54) is 22.2 Å². The first kappa shape index (κ1) is 18.5. The highest BCUT2D eigenvalue weighted by atomic mass is 32.2. The molecule has 0 amide bonds. The molecule has 0 radical (unpaired) electrons. The minimum absolute atomic E-state index is 0.385. The second-order valence-electron chi connectivity index (χ2n) is 5.99. The molecule has 0 saturated carbocycles. The maximum absolute atomic E-state index is 12.5. The third-order valence-corrected chi connectivity index (χ3v) is 5.48. The van der Waals surface area contributed by atoms with Crippen LogP contribution in [0.25, 0.3) is 15.8 Å². The fourth-order valence-corrected chi connectivity index (χ4v) is 4.11. The van der Waals surface area contributed by atoms with E-state index in [1.807, 2.05) is 0 Å². The minimum atomic E-state index is -3.65. The summed E-state index contributed by atoms with van der Waals surface area (Å²) in [4.78, 5) is 24.8. The van der Waals surface area contributed by atoms with Crippen LogP contribution in [0.2, 0.25) is 0 Å². The van der Waals surface area contributed by atoms with Crippen LogP contribution in [0.1, 0.15) is 24.4 Å². The Morgan fingerprint density at radius 3 is 2.58 bits per heavy atom. The van der Waals surface area contributed by atoms with Gasteiger partial charge >= 0.3 is 5.69 Å². The average Bonchev–Trinajstić information content (AvgIpc) is 2.94. The average molecular weight is 395 g/mol. The van der Waals surface area contributed by atoms with Gasteiger partial charge in [0.2, 0.25) is 0 Å². The molecule has 0 fully saturated rings. The van der Waals surface area contributed by atoms with Gasteiger partial charge in [0.15, 0.2) is 0 Å². The molecule has 0 aliphatic carbocycles. The Balaban J connectivity index is 2.20. The Morgan fingerprint density at radius 2 is 1.92 bits per heavy atom. The van der Waals surface area contributed by atoms with Crippen molar-refractivity contribution >= 4 is 31.7 Å². The summed E-state index contributed by atoms with van der Waals surface area (Å²) in [6, 6.07) is 6.43. The van der Waals surface area contributed by atoms with Crippen molar-refractivity contribution in [1.82, 2.24) is 13.5 Å². The minimum Gasteiger partial charge on any atom is -0.301 e. The second-order valence-corrected chi connectivity index (χ2v) is 8.40. The van der Waals surface area contributed by atoms with Gasteiger partial charge in [0.25, 0.3) is 15.7 Å². The van der Waals surface area contributed by atoms with Gasteiger partial charge in [-0.05, 0) is 43.6 Å². The third-order valence-electron chi connectivity index (χ3n) is 4.00. The number of fused-ring (bicyclic) bond motifs is 1. The highest BCUT2D eigenvalue weighted by Gasteiger charge is 2.19. The quantitative estimate of drug-likeness (QED) is 0.621. The lowest BCUT2D eigenvalue weighted by molar-refractivity contribution is 0.234. The van der Waals surface area contributed by atoms with E-state index in [0.717, 1.165) is 15.5 Å². The van der Waals surface area contributed by atoms with Crippen LogP contribution >= 0.6 is 11.5 Å². The van der Waals surface area contributed by atoms with Gasteiger partial charge in [-0.15, -0.1) is 0 Å². The Kier molecular flexibility index (Phi) is 4.59. The lowest BCUT2D eigenvalue weighted by Gasteiger charge is -2.11. The van der Waals surface area contributed by atoms with E-state index in [1.54, 1.807) is 39.1 Å². The molecule has 26 heavy (non-hydrogen) atoms. The molecule has 1 atom stereocenters. The van der Waals surface area contributed by atoms with E-state index in [2.05, 4.69) is 4.37 Å². The van der Waals surface area contributed by atoms with Crippen molar-refractivity contribution in [3.8, 4) is 5.69 Å². The van der Waals surface area contributed by atoms with Crippen LogP contribution in [0.4, 0.5) is 0 Å². The van der Waals surface area contributed by atoms with E-state index in [9.17, 15) is 18.0 Å². The summed E-state index contributed by atoms with van der Waals surface area (Å²) in [6.45, 7) is 3.26. The van der Waals surface area contributed by atoms with E-state index < -0.39 is 27.5 Å². The molecule has 0 N–H and O–H groups in total. The van der Waals surface area contributed by atoms with Crippen molar-refractivity contribution in [2.45, 2.75) is 20.0 Å². The fraction of sp³-hybridized carbons (Fsp3) is 0.312. The smallest absolute Gasteiger partial charge is 0.301 e. The molecular weight excluding hydrogens is 378 g/mol. The molecule has 2 heterocycles. The highest BCUT2D eigenvalue weighted by Crippen LogP contribution is 2.30. The van der Waals surface area contributed by atoms with Gasteiger partial charge in [0.05, 0.1) is 22.3 Å². The lowest BCUT2D eigenvalue weighted by Crippen LogP contribution is -2.38. The molecule has 3 rings (SSSR count). The van der Waals surface area contributed by atoms with Gasteiger partial charge in [0.1, 0.15) is 6.10 Å². The van der Waals surface area contributed by atoms with Gasteiger partial charge in [0, 0.05) is 24.2 Å². The zero-order valence-corrected chi connectivity index (χ0v) is 16.2. The first-order valence-corrected chi connectivity index (χ1v) is 10.2. The Labute approximate surface area is 153 Å². The van der Waals surface area contributed by atoms with Gasteiger partial charge in [-0.3, -0.25) is 8.98 Å². The number of rotatable bonds is 4. The Hall–Kier alpha value is -2.30. The third kappa shape index (κ3) is 3.35. The molecule has 1 unspecified atom stereocenters. The maximum Gasteiger partial charge on any atom is 0.335 e. The molecule has 0 aliphatic heterocycles. The van der Waals surface area contributed by atoms with Crippen LogP contribution in [-0.2, 0) is 21.3 Å². The normalized spacial score (nSPS) is 13.2. The number of hydrogen-bond acceptors (Lipinski definition) is 7. The molecule has 8 nitrogen and oxygen atoms in total. The largest absolute Gasteiger partial charge is 0.335 e. The predicted octanol–water partition coefficient (Wildman–Crippen LogP) is 1.49.